The van der Waals surface area contributed by atoms with Crippen molar-refractivity contribution in [1.29, 1.82) is 0 Å². The minimum atomic E-state index is -0.291. The van der Waals surface area contributed by atoms with Gasteiger partial charge in [-0.2, -0.15) is 0 Å². The number of carbonyl (C=O) groups is 1. The Morgan fingerprint density at radius 1 is 1.40 bits per heavy atom. The minimum Gasteiger partial charge on any atom is -0.318 e. The summed E-state index contributed by atoms with van der Waals surface area (Å²) in [6, 6.07) is 3.99. The molecule has 1 aliphatic carbocycles. The number of nitrogens with one attached hydrogen (secondary N) is 2. The first-order valence-corrected chi connectivity index (χ1v) is 7.34. The highest BCUT2D eigenvalue weighted by Gasteiger charge is 2.28. The van der Waals surface area contributed by atoms with Gasteiger partial charge in [-0.1, -0.05) is 6.07 Å². The Hall–Kier alpha value is -1.69. The number of hydrogen-bond acceptors (Lipinski definition) is 3. The second-order valence-corrected chi connectivity index (χ2v) is 6.07. The maximum absolute atomic E-state index is 12.2. The van der Waals surface area contributed by atoms with Gasteiger partial charge in [-0.15, -0.1) is 5.10 Å². The van der Waals surface area contributed by atoms with Crippen molar-refractivity contribution in [2.75, 3.05) is 5.32 Å². The van der Waals surface area contributed by atoms with Crippen LogP contribution in [-0.2, 0) is 0 Å². The molecule has 20 heavy (non-hydrogen) atoms. The maximum atomic E-state index is 12.2. The van der Waals surface area contributed by atoms with Crippen molar-refractivity contribution >= 4 is 27.5 Å². The lowest BCUT2D eigenvalue weighted by atomic mass is 10.1. The van der Waals surface area contributed by atoms with Gasteiger partial charge in [-0.05, 0) is 59.8 Å². The molecule has 1 amide bonds. The van der Waals surface area contributed by atoms with E-state index in [2.05, 4.69) is 36.4 Å². The first-order valence-electron chi connectivity index (χ1n) is 6.55. The molecule has 1 aromatic carbocycles. The van der Waals surface area contributed by atoms with Gasteiger partial charge in [0.1, 0.15) is 5.82 Å². The molecule has 2 N–H and O–H groups in total. The number of hydrogen-bond donors (Lipinski definition) is 2. The summed E-state index contributed by atoms with van der Waals surface area (Å²) in [5, 5.41) is 9.69. The summed E-state index contributed by atoms with van der Waals surface area (Å²) in [6.45, 7) is 3.97. The van der Waals surface area contributed by atoms with Gasteiger partial charge in [0.05, 0.1) is 5.69 Å². The van der Waals surface area contributed by atoms with Crippen molar-refractivity contribution in [1.82, 2.24) is 15.2 Å². The third-order valence-electron chi connectivity index (χ3n) is 3.34. The molecule has 104 valence electrons. The summed E-state index contributed by atoms with van der Waals surface area (Å²) in [5.74, 6) is 1.17. The summed E-state index contributed by atoms with van der Waals surface area (Å²) in [4.78, 5) is 16.4. The van der Waals surface area contributed by atoms with Crippen LogP contribution < -0.4 is 5.32 Å². The number of benzene rings is 1. The molecule has 3 rings (SSSR count). The van der Waals surface area contributed by atoms with Gasteiger partial charge in [0.15, 0.2) is 0 Å². The molecule has 6 heteroatoms. The van der Waals surface area contributed by atoms with Crippen molar-refractivity contribution in [3.8, 4) is 0 Å². The summed E-state index contributed by atoms with van der Waals surface area (Å²) < 4.78 is 0.862. The van der Waals surface area contributed by atoms with Crippen LogP contribution in [-0.4, -0.2) is 21.1 Å². The monoisotopic (exact) mass is 334 g/mol. The predicted octanol–water partition coefficient (Wildman–Crippen LogP) is 3.31. The number of nitrogens with zero attached hydrogens (tertiary/aromatic N) is 2. The predicted molar refractivity (Wildman–Crippen MR) is 79.9 cm³/mol. The fourth-order valence-electron chi connectivity index (χ4n) is 2.16. The van der Waals surface area contributed by atoms with Crippen molar-refractivity contribution in [2.24, 2.45) is 0 Å². The summed E-state index contributed by atoms with van der Waals surface area (Å²) >= 11 is 3.47. The van der Waals surface area contributed by atoms with Crippen molar-refractivity contribution < 1.29 is 4.79 Å². The van der Waals surface area contributed by atoms with Crippen LogP contribution in [0.2, 0.25) is 0 Å². The zero-order valence-corrected chi connectivity index (χ0v) is 12.9. The number of aromatic nitrogens is 3. The number of rotatable bonds is 3. The molecule has 1 aliphatic rings. The van der Waals surface area contributed by atoms with Gasteiger partial charge >= 0.3 is 0 Å². The minimum absolute atomic E-state index is 0.193. The number of aromatic amines is 1. The van der Waals surface area contributed by atoms with Crippen LogP contribution in [0.4, 0.5) is 5.69 Å². The Kier molecular flexibility index (Phi) is 3.33. The van der Waals surface area contributed by atoms with Crippen LogP contribution in [0.1, 0.15) is 46.3 Å². The SMILES string of the molecule is Cc1cc(C)c(NC(=O)c2n[nH]c(C3CC3)n2)c(Br)c1. The molecule has 1 heterocycles. The standard InChI is InChI=1S/C14H15BrN4O/c1-7-5-8(2)11(10(15)6-7)16-14(20)13-17-12(18-19-13)9-3-4-9/h5-6,9H,3-4H2,1-2H3,(H,16,20)(H,17,18,19). The Balaban J connectivity index is 1.81. The molecule has 0 saturated heterocycles. The fourth-order valence-corrected chi connectivity index (χ4v) is 2.93. The Labute approximate surface area is 125 Å². The average Bonchev–Trinajstić information content (AvgIpc) is 3.11. The molecule has 0 atom stereocenters. The lowest BCUT2D eigenvalue weighted by Crippen LogP contribution is -2.15. The van der Waals surface area contributed by atoms with E-state index in [4.69, 9.17) is 0 Å². The lowest BCUT2D eigenvalue weighted by molar-refractivity contribution is 0.101. The summed E-state index contributed by atoms with van der Waals surface area (Å²) in [5.41, 5.74) is 2.91. The smallest absolute Gasteiger partial charge is 0.295 e. The second kappa shape index (κ2) is 5.01. The normalized spacial score (nSPS) is 14.3. The highest BCUT2D eigenvalue weighted by Crippen LogP contribution is 2.37. The Morgan fingerprint density at radius 3 is 2.80 bits per heavy atom. The molecule has 0 radical (unpaired) electrons. The van der Waals surface area contributed by atoms with E-state index in [1.165, 1.54) is 0 Å². The molecule has 1 aromatic heterocycles. The topological polar surface area (TPSA) is 70.7 Å². The molecule has 0 aliphatic heterocycles. The number of halogens is 1. The van der Waals surface area contributed by atoms with E-state index in [-0.39, 0.29) is 11.7 Å². The van der Waals surface area contributed by atoms with Crippen LogP contribution in [0.3, 0.4) is 0 Å². The molecular weight excluding hydrogens is 320 g/mol. The van der Waals surface area contributed by atoms with Crippen molar-refractivity contribution in [2.45, 2.75) is 32.6 Å². The Morgan fingerprint density at radius 2 is 2.15 bits per heavy atom. The van der Waals surface area contributed by atoms with E-state index in [0.717, 1.165) is 40.0 Å². The summed E-state index contributed by atoms with van der Waals surface area (Å²) in [6.07, 6.45) is 2.25. The molecule has 2 aromatic rings. The van der Waals surface area contributed by atoms with Crippen LogP contribution in [0.5, 0.6) is 0 Å². The van der Waals surface area contributed by atoms with E-state index in [0.29, 0.717) is 5.92 Å². The van der Waals surface area contributed by atoms with Crippen molar-refractivity contribution in [3.05, 3.63) is 39.4 Å². The number of aryl methyl sites for hydroxylation is 2. The third kappa shape index (κ3) is 2.60. The molecule has 0 unspecified atom stereocenters. The zero-order valence-electron chi connectivity index (χ0n) is 11.3. The molecule has 0 spiro atoms. The zero-order chi connectivity index (χ0) is 14.3. The number of H-pyrrole nitrogens is 1. The van der Waals surface area contributed by atoms with E-state index in [1.54, 1.807) is 0 Å². The largest absolute Gasteiger partial charge is 0.318 e. The fraction of sp³-hybridized carbons (Fsp3) is 0.357. The van der Waals surface area contributed by atoms with Gasteiger partial charge in [-0.25, -0.2) is 4.98 Å². The van der Waals surface area contributed by atoms with Gasteiger partial charge in [0, 0.05) is 10.4 Å². The average molecular weight is 335 g/mol. The van der Waals surface area contributed by atoms with Crippen LogP contribution in [0, 0.1) is 13.8 Å². The van der Waals surface area contributed by atoms with E-state index < -0.39 is 0 Å². The second-order valence-electron chi connectivity index (χ2n) is 5.21. The van der Waals surface area contributed by atoms with E-state index in [9.17, 15) is 4.79 Å². The van der Waals surface area contributed by atoms with Gasteiger partial charge < -0.3 is 5.32 Å². The highest BCUT2D eigenvalue weighted by molar-refractivity contribution is 9.10. The quantitative estimate of drug-likeness (QED) is 0.904. The van der Waals surface area contributed by atoms with Gasteiger partial charge in [0.25, 0.3) is 5.91 Å². The molecule has 1 saturated carbocycles. The molecular formula is C14H15BrN4O. The van der Waals surface area contributed by atoms with E-state index >= 15 is 0 Å². The number of amides is 1. The maximum Gasteiger partial charge on any atom is 0.295 e. The number of anilines is 1. The third-order valence-corrected chi connectivity index (χ3v) is 3.97. The summed E-state index contributed by atoms with van der Waals surface area (Å²) in [7, 11) is 0. The first kappa shape index (κ1) is 13.3. The van der Waals surface area contributed by atoms with Crippen LogP contribution >= 0.6 is 15.9 Å². The van der Waals surface area contributed by atoms with Gasteiger partial charge in [0.2, 0.25) is 5.82 Å². The highest BCUT2D eigenvalue weighted by atomic mass is 79.9. The van der Waals surface area contributed by atoms with Crippen LogP contribution in [0.25, 0.3) is 0 Å². The molecule has 0 bridgehead atoms. The molecule has 1 fully saturated rings. The van der Waals surface area contributed by atoms with Gasteiger partial charge in [-0.3, -0.25) is 9.89 Å². The van der Waals surface area contributed by atoms with Crippen LogP contribution in [0.15, 0.2) is 16.6 Å². The lowest BCUT2D eigenvalue weighted by Gasteiger charge is -2.10. The van der Waals surface area contributed by atoms with Crippen molar-refractivity contribution in [3.63, 3.8) is 0 Å². The number of carbonyl (C=O) groups excluding carboxylic acids is 1. The first-order chi connectivity index (χ1) is 9.54. The molecule has 5 nitrogen and oxygen atoms in total. The van der Waals surface area contributed by atoms with E-state index in [1.807, 2.05) is 26.0 Å². The Bertz CT molecular complexity index is 653.